The molecule has 7 heteroatoms. The number of pyridine rings is 1. The van der Waals surface area contributed by atoms with Crippen LogP contribution in [0.5, 0.6) is 0 Å². The average molecular weight is 356 g/mol. The molecule has 1 aromatic heterocycles. The van der Waals surface area contributed by atoms with Crippen LogP contribution in [0.3, 0.4) is 0 Å². The van der Waals surface area contributed by atoms with Crippen molar-refractivity contribution in [1.82, 2.24) is 9.71 Å². The van der Waals surface area contributed by atoms with Crippen LogP contribution in [0.4, 0.5) is 0 Å². The smallest absolute Gasteiger partial charge is 0.242 e. The van der Waals surface area contributed by atoms with Gasteiger partial charge in [-0.3, -0.25) is 4.98 Å². The second-order valence-corrected chi connectivity index (χ2v) is 6.70. The zero-order chi connectivity index (χ0) is 14.6. The molecule has 20 heavy (non-hydrogen) atoms. The number of nitrogens with one attached hydrogen (secondary N) is 1. The summed E-state index contributed by atoms with van der Waals surface area (Å²) in [6.07, 6.45) is 1.62. The lowest BCUT2D eigenvalue weighted by Gasteiger charge is -2.09. The number of hydrogen-bond donors (Lipinski definition) is 2. The Labute approximate surface area is 126 Å². The third-order valence-electron chi connectivity index (χ3n) is 2.69. The topological polar surface area (TPSA) is 85.1 Å². The van der Waals surface area contributed by atoms with Gasteiger partial charge in [-0.1, -0.05) is 12.1 Å². The van der Waals surface area contributed by atoms with Crippen molar-refractivity contribution < 1.29 is 8.42 Å². The van der Waals surface area contributed by atoms with Gasteiger partial charge in [-0.05, 0) is 45.8 Å². The molecule has 0 fully saturated rings. The molecule has 0 aliphatic carbocycles. The highest BCUT2D eigenvalue weighted by Crippen LogP contribution is 2.23. The predicted octanol–water partition coefficient (Wildman–Crippen LogP) is 1.78. The number of hydrogen-bond acceptors (Lipinski definition) is 4. The summed E-state index contributed by atoms with van der Waals surface area (Å²) in [4.78, 5) is 4.26. The number of benzene rings is 1. The number of nitrogens with two attached hydrogens (primary N) is 1. The van der Waals surface area contributed by atoms with E-state index in [2.05, 4.69) is 25.6 Å². The zero-order valence-corrected chi connectivity index (χ0v) is 13.0. The third kappa shape index (κ3) is 3.63. The lowest BCUT2D eigenvalue weighted by atomic mass is 10.2. The van der Waals surface area contributed by atoms with Crippen molar-refractivity contribution in [2.45, 2.75) is 18.0 Å². The van der Waals surface area contributed by atoms with E-state index in [1.54, 1.807) is 30.5 Å². The molecule has 0 aliphatic heterocycles. The monoisotopic (exact) mass is 355 g/mol. The molecule has 0 amide bonds. The zero-order valence-electron chi connectivity index (χ0n) is 10.6. The van der Waals surface area contributed by atoms with Gasteiger partial charge >= 0.3 is 0 Å². The highest BCUT2D eigenvalue weighted by atomic mass is 79.9. The molecule has 0 radical (unpaired) electrons. The van der Waals surface area contributed by atoms with Crippen LogP contribution in [0, 0.1) is 0 Å². The molecule has 2 aromatic rings. The summed E-state index contributed by atoms with van der Waals surface area (Å²) in [6, 6.07) is 10.3. The van der Waals surface area contributed by atoms with Gasteiger partial charge in [0.25, 0.3) is 0 Å². The quantitative estimate of drug-likeness (QED) is 0.855. The van der Waals surface area contributed by atoms with Crippen molar-refractivity contribution >= 4 is 26.0 Å². The minimum atomic E-state index is -3.59. The molecule has 1 aromatic carbocycles. The van der Waals surface area contributed by atoms with Crippen LogP contribution in [-0.2, 0) is 23.1 Å². The highest BCUT2D eigenvalue weighted by molar-refractivity contribution is 9.10. The molecule has 1 heterocycles. The summed E-state index contributed by atoms with van der Waals surface area (Å²) in [7, 11) is -3.59. The SMILES string of the molecule is NCc1ccc(S(=O)(=O)NCc2ccccn2)c(Br)c1. The van der Waals surface area contributed by atoms with E-state index in [1.165, 1.54) is 6.07 Å². The maximum Gasteiger partial charge on any atom is 0.242 e. The normalized spacial score (nSPS) is 11.5. The summed E-state index contributed by atoms with van der Waals surface area (Å²) in [5, 5.41) is 0. The molecule has 0 unspecified atom stereocenters. The van der Waals surface area contributed by atoms with Gasteiger partial charge in [0.15, 0.2) is 0 Å². The van der Waals surface area contributed by atoms with Crippen LogP contribution < -0.4 is 10.5 Å². The molecule has 5 nitrogen and oxygen atoms in total. The fourth-order valence-electron chi connectivity index (χ4n) is 1.64. The molecule has 3 N–H and O–H groups in total. The molecule has 106 valence electrons. The second kappa shape index (κ2) is 6.45. The summed E-state index contributed by atoms with van der Waals surface area (Å²) in [6.45, 7) is 0.508. The Morgan fingerprint density at radius 3 is 2.65 bits per heavy atom. The minimum absolute atomic E-state index is 0.147. The van der Waals surface area contributed by atoms with E-state index in [1.807, 2.05) is 6.07 Å². The lowest BCUT2D eigenvalue weighted by molar-refractivity contribution is 0.580. The van der Waals surface area contributed by atoms with Crippen molar-refractivity contribution in [3.05, 3.63) is 58.3 Å². The van der Waals surface area contributed by atoms with Crippen molar-refractivity contribution in [2.24, 2.45) is 5.73 Å². The standard InChI is InChI=1S/C13H14BrN3O2S/c14-12-7-10(8-15)4-5-13(12)20(18,19)17-9-11-3-1-2-6-16-11/h1-7,17H,8-9,15H2. The van der Waals surface area contributed by atoms with Gasteiger partial charge in [-0.15, -0.1) is 0 Å². The minimum Gasteiger partial charge on any atom is -0.326 e. The van der Waals surface area contributed by atoms with E-state index >= 15 is 0 Å². The molecule has 0 atom stereocenters. The van der Waals surface area contributed by atoms with Crippen molar-refractivity contribution in [1.29, 1.82) is 0 Å². The first kappa shape index (κ1) is 15.1. The number of halogens is 1. The molecule has 0 aliphatic rings. The Hall–Kier alpha value is -1.28. The predicted molar refractivity (Wildman–Crippen MR) is 80.3 cm³/mol. The van der Waals surface area contributed by atoms with E-state index < -0.39 is 10.0 Å². The van der Waals surface area contributed by atoms with Gasteiger partial charge in [0, 0.05) is 17.2 Å². The van der Waals surface area contributed by atoms with Crippen LogP contribution in [0.1, 0.15) is 11.3 Å². The third-order valence-corrected chi connectivity index (χ3v) is 5.07. The first-order valence-electron chi connectivity index (χ1n) is 5.91. The van der Waals surface area contributed by atoms with E-state index in [4.69, 9.17) is 5.73 Å². The Balaban J connectivity index is 2.18. The maximum absolute atomic E-state index is 12.2. The maximum atomic E-state index is 12.2. The largest absolute Gasteiger partial charge is 0.326 e. The van der Waals surface area contributed by atoms with Gasteiger partial charge in [-0.2, -0.15) is 0 Å². The van der Waals surface area contributed by atoms with Crippen molar-refractivity contribution in [3.8, 4) is 0 Å². The number of rotatable bonds is 5. The molecular weight excluding hydrogens is 342 g/mol. The van der Waals surface area contributed by atoms with Crippen LogP contribution in [-0.4, -0.2) is 13.4 Å². The van der Waals surface area contributed by atoms with E-state index in [-0.39, 0.29) is 11.4 Å². The van der Waals surface area contributed by atoms with Crippen molar-refractivity contribution in [2.75, 3.05) is 0 Å². The molecule has 0 saturated carbocycles. The van der Waals surface area contributed by atoms with E-state index in [9.17, 15) is 8.42 Å². The summed E-state index contributed by atoms with van der Waals surface area (Å²) in [5.74, 6) is 0. The van der Waals surface area contributed by atoms with Crippen LogP contribution in [0.15, 0.2) is 52.0 Å². The molecular formula is C13H14BrN3O2S. The molecule has 0 bridgehead atoms. The van der Waals surface area contributed by atoms with Crippen LogP contribution in [0.25, 0.3) is 0 Å². The summed E-state index contributed by atoms with van der Waals surface area (Å²) < 4.78 is 27.5. The Kier molecular flexibility index (Phi) is 4.87. The van der Waals surface area contributed by atoms with E-state index in [0.29, 0.717) is 16.7 Å². The second-order valence-electron chi connectivity index (χ2n) is 4.11. The molecule has 2 rings (SSSR count). The van der Waals surface area contributed by atoms with Crippen molar-refractivity contribution in [3.63, 3.8) is 0 Å². The first-order chi connectivity index (χ1) is 9.53. The van der Waals surface area contributed by atoms with Gasteiger partial charge in [0.1, 0.15) is 0 Å². The van der Waals surface area contributed by atoms with Gasteiger partial charge in [-0.25, -0.2) is 13.1 Å². The fourth-order valence-corrected chi connectivity index (χ4v) is 3.76. The van der Waals surface area contributed by atoms with Crippen LogP contribution >= 0.6 is 15.9 Å². The summed E-state index contributed by atoms with van der Waals surface area (Å²) >= 11 is 3.26. The van der Waals surface area contributed by atoms with E-state index in [0.717, 1.165) is 5.56 Å². The Bertz CT molecular complexity index is 690. The first-order valence-corrected chi connectivity index (χ1v) is 8.18. The average Bonchev–Trinajstić information content (AvgIpc) is 2.46. The Morgan fingerprint density at radius 1 is 1.25 bits per heavy atom. The van der Waals surface area contributed by atoms with Gasteiger partial charge in [0.05, 0.1) is 17.1 Å². The number of sulfonamides is 1. The van der Waals surface area contributed by atoms with Gasteiger partial charge in [0.2, 0.25) is 10.0 Å². The lowest BCUT2D eigenvalue weighted by Crippen LogP contribution is -2.24. The van der Waals surface area contributed by atoms with Gasteiger partial charge < -0.3 is 5.73 Å². The molecule has 0 spiro atoms. The Morgan fingerprint density at radius 2 is 2.05 bits per heavy atom. The summed E-state index contributed by atoms with van der Waals surface area (Å²) in [5.41, 5.74) is 7.04. The molecule has 0 saturated heterocycles. The van der Waals surface area contributed by atoms with Crippen LogP contribution in [0.2, 0.25) is 0 Å². The number of nitrogens with zero attached hydrogens (tertiary/aromatic N) is 1. The number of aromatic nitrogens is 1. The fraction of sp³-hybridized carbons (Fsp3) is 0.154. The highest BCUT2D eigenvalue weighted by Gasteiger charge is 2.17.